The smallest absolute Gasteiger partial charge is 0.224 e. The summed E-state index contributed by atoms with van der Waals surface area (Å²) in [5, 5.41) is 9.48. The van der Waals surface area contributed by atoms with Crippen LogP contribution in [0.4, 0.5) is 0 Å². The third kappa shape index (κ3) is 25.6. The summed E-state index contributed by atoms with van der Waals surface area (Å²) >= 11 is 0. The lowest BCUT2D eigenvalue weighted by Crippen LogP contribution is -2.47. The molecule has 0 bridgehead atoms. The van der Waals surface area contributed by atoms with E-state index in [2.05, 4.69) is 134 Å². The SMILES string of the molecule is CC(C)(C)CC(CCC1CCCC1)C(=O)NC(C)(C)C.CC(C)(C)NC(=O)C(CCC1CCCC1)C(C)(C)C.CC(C)C(CCC1CCCC1)C(=O)NC(C)(C)C. The normalized spacial score (nSPS) is 19.3. The first kappa shape index (κ1) is 53.4. The van der Waals surface area contributed by atoms with E-state index in [0.29, 0.717) is 5.92 Å². The Morgan fingerprint density at radius 2 is 0.807 bits per heavy atom. The van der Waals surface area contributed by atoms with Crippen LogP contribution in [0.1, 0.15) is 240 Å². The lowest BCUT2D eigenvalue weighted by molar-refractivity contribution is -0.130. The second-order valence-corrected chi connectivity index (χ2v) is 24.6. The molecule has 3 aliphatic carbocycles. The van der Waals surface area contributed by atoms with Crippen LogP contribution < -0.4 is 16.0 Å². The topological polar surface area (TPSA) is 87.3 Å². The van der Waals surface area contributed by atoms with E-state index in [-0.39, 0.29) is 62.9 Å². The van der Waals surface area contributed by atoms with Crippen LogP contribution in [0.3, 0.4) is 0 Å². The van der Waals surface area contributed by atoms with Crippen LogP contribution in [0.2, 0.25) is 0 Å². The first-order chi connectivity index (χ1) is 26.0. The zero-order chi connectivity index (χ0) is 43.8. The Hall–Kier alpha value is -1.59. The number of hydrogen-bond donors (Lipinski definition) is 3. The first-order valence-corrected chi connectivity index (χ1v) is 23.9. The molecule has 0 spiro atoms. The van der Waals surface area contributed by atoms with Gasteiger partial charge in [0.2, 0.25) is 17.7 Å². The molecule has 3 aliphatic rings. The van der Waals surface area contributed by atoms with Gasteiger partial charge in [0.25, 0.3) is 0 Å². The molecule has 0 aromatic rings. The molecule has 0 aromatic heterocycles. The van der Waals surface area contributed by atoms with Crippen molar-refractivity contribution in [2.24, 2.45) is 52.3 Å². The van der Waals surface area contributed by atoms with Gasteiger partial charge in [0.05, 0.1) is 0 Å². The van der Waals surface area contributed by atoms with Gasteiger partial charge in [0.15, 0.2) is 0 Å². The van der Waals surface area contributed by atoms with Gasteiger partial charge in [-0.2, -0.15) is 0 Å². The summed E-state index contributed by atoms with van der Waals surface area (Å²) in [6, 6.07) is 0. The summed E-state index contributed by atoms with van der Waals surface area (Å²) in [6.45, 7) is 36.1. The minimum atomic E-state index is -0.131. The van der Waals surface area contributed by atoms with Crippen molar-refractivity contribution < 1.29 is 14.4 Å². The maximum Gasteiger partial charge on any atom is 0.224 e. The second kappa shape index (κ2) is 24.0. The summed E-state index contributed by atoms with van der Waals surface area (Å²) in [5.74, 6) is 4.29. The van der Waals surface area contributed by atoms with Crippen molar-refractivity contribution in [1.82, 2.24) is 16.0 Å². The van der Waals surface area contributed by atoms with Crippen molar-refractivity contribution in [3.63, 3.8) is 0 Å². The Morgan fingerprint density at radius 3 is 1.14 bits per heavy atom. The first-order valence-electron chi connectivity index (χ1n) is 23.9. The highest BCUT2D eigenvalue weighted by Crippen LogP contribution is 2.37. The van der Waals surface area contributed by atoms with Crippen LogP contribution in [-0.2, 0) is 14.4 Å². The summed E-state index contributed by atoms with van der Waals surface area (Å²) in [7, 11) is 0. The van der Waals surface area contributed by atoms with Crippen molar-refractivity contribution in [1.29, 1.82) is 0 Å². The predicted octanol–water partition coefficient (Wildman–Crippen LogP) is 13.6. The maximum atomic E-state index is 12.5. The third-order valence-corrected chi connectivity index (χ3v) is 12.3. The van der Waals surface area contributed by atoms with E-state index in [1.807, 2.05) is 0 Å². The largest absolute Gasteiger partial charge is 0.351 e. The molecule has 0 radical (unpaired) electrons. The monoisotopic (exact) mass is 802 g/mol. The number of amides is 3. The van der Waals surface area contributed by atoms with Crippen molar-refractivity contribution in [2.45, 2.75) is 256 Å². The molecule has 0 aliphatic heterocycles. The molecule has 0 heterocycles. The second-order valence-electron chi connectivity index (χ2n) is 24.6. The van der Waals surface area contributed by atoms with E-state index in [4.69, 9.17) is 0 Å². The zero-order valence-electron chi connectivity index (χ0n) is 41.2. The molecule has 3 rings (SSSR count). The fraction of sp³-hybridized carbons (Fsp3) is 0.941. The Morgan fingerprint density at radius 1 is 0.474 bits per heavy atom. The Labute approximate surface area is 355 Å². The number of carbonyl (C=O) groups excluding carboxylic acids is 3. The molecular formula is C51H99N3O3. The minimum Gasteiger partial charge on any atom is -0.351 e. The molecule has 57 heavy (non-hydrogen) atoms. The molecule has 3 fully saturated rings. The van der Waals surface area contributed by atoms with E-state index in [0.717, 1.165) is 43.4 Å². The van der Waals surface area contributed by atoms with Gasteiger partial charge in [-0.15, -0.1) is 0 Å². The van der Waals surface area contributed by atoms with Crippen molar-refractivity contribution >= 4 is 17.7 Å². The van der Waals surface area contributed by atoms with E-state index < -0.39 is 0 Å². The molecule has 3 N–H and O–H groups in total. The van der Waals surface area contributed by atoms with Gasteiger partial charge in [0, 0.05) is 34.4 Å². The van der Waals surface area contributed by atoms with Crippen LogP contribution >= 0.6 is 0 Å². The number of rotatable bonds is 14. The van der Waals surface area contributed by atoms with E-state index in [1.165, 1.54) is 96.3 Å². The van der Waals surface area contributed by atoms with Crippen molar-refractivity contribution in [2.75, 3.05) is 0 Å². The maximum absolute atomic E-state index is 12.5. The van der Waals surface area contributed by atoms with Crippen LogP contribution in [0.15, 0.2) is 0 Å². The average Bonchev–Trinajstić information content (AvgIpc) is 3.81. The Kier molecular flexibility index (Phi) is 22.5. The predicted molar refractivity (Wildman–Crippen MR) is 246 cm³/mol. The summed E-state index contributed by atoms with van der Waals surface area (Å²) in [6.07, 6.45) is 24.4. The number of carbonyl (C=O) groups is 3. The van der Waals surface area contributed by atoms with Gasteiger partial charge < -0.3 is 16.0 Å². The molecule has 0 aromatic carbocycles. The molecule has 3 atom stereocenters. The van der Waals surface area contributed by atoms with Crippen LogP contribution in [0, 0.1) is 52.3 Å². The number of hydrogen-bond acceptors (Lipinski definition) is 3. The molecule has 3 amide bonds. The molecule has 6 heteroatoms. The van der Waals surface area contributed by atoms with E-state index in [1.54, 1.807) is 0 Å². The van der Waals surface area contributed by atoms with Gasteiger partial charge >= 0.3 is 0 Å². The molecular weight excluding hydrogens is 703 g/mol. The number of nitrogens with one attached hydrogen (secondary N) is 3. The van der Waals surface area contributed by atoms with Gasteiger partial charge in [0.1, 0.15) is 0 Å². The van der Waals surface area contributed by atoms with Gasteiger partial charge in [-0.05, 0) is 142 Å². The summed E-state index contributed by atoms with van der Waals surface area (Å²) in [5.41, 5.74) is -0.102. The quantitative estimate of drug-likeness (QED) is 0.163. The van der Waals surface area contributed by atoms with Gasteiger partial charge in [-0.25, -0.2) is 0 Å². The van der Waals surface area contributed by atoms with Crippen LogP contribution in [0.5, 0.6) is 0 Å². The molecule has 3 unspecified atom stereocenters. The van der Waals surface area contributed by atoms with Crippen LogP contribution in [0.25, 0.3) is 0 Å². The zero-order valence-corrected chi connectivity index (χ0v) is 41.2. The minimum absolute atomic E-state index is 0.0495. The molecule has 6 nitrogen and oxygen atoms in total. The highest BCUT2D eigenvalue weighted by atomic mass is 16.2. The average molecular weight is 802 g/mol. The standard InChI is InChI=1S/C18H35NO.C17H33NO.C16H31NO/c1-17(2,3)13-15(16(20)19-18(4,5)6)12-11-14-9-7-8-10-14;1-16(2,3)14(15(19)18-17(4,5)6)12-11-13-9-7-8-10-13;1-12(2)14(15(18)17-16(3,4)5)11-10-13-8-6-7-9-13/h14-15H,7-13H2,1-6H3,(H,19,20);13-14H,7-12H2,1-6H3,(H,18,19);12-14H,6-11H2,1-5H3,(H,17,18). The van der Waals surface area contributed by atoms with Gasteiger partial charge in [-0.3, -0.25) is 14.4 Å². The molecule has 3 saturated carbocycles. The van der Waals surface area contributed by atoms with Crippen molar-refractivity contribution in [3.05, 3.63) is 0 Å². The highest BCUT2D eigenvalue weighted by molar-refractivity contribution is 5.80. The van der Waals surface area contributed by atoms with E-state index >= 15 is 0 Å². The summed E-state index contributed by atoms with van der Waals surface area (Å²) in [4.78, 5) is 37.3. The lowest BCUT2D eigenvalue weighted by atomic mass is 9.76. The Balaban J connectivity index is 0.000000428. The van der Waals surface area contributed by atoms with Gasteiger partial charge in [-0.1, -0.05) is 132 Å². The third-order valence-electron chi connectivity index (χ3n) is 12.3. The van der Waals surface area contributed by atoms with E-state index in [9.17, 15) is 14.4 Å². The van der Waals surface area contributed by atoms with Crippen molar-refractivity contribution in [3.8, 4) is 0 Å². The lowest BCUT2D eigenvalue weighted by Gasteiger charge is -2.33. The fourth-order valence-corrected chi connectivity index (χ4v) is 9.33. The van der Waals surface area contributed by atoms with Crippen LogP contribution in [-0.4, -0.2) is 34.3 Å². The highest BCUT2D eigenvalue weighted by Gasteiger charge is 2.34. The molecule has 0 saturated heterocycles. The Bertz CT molecular complexity index is 1140. The molecule has 336 valence electrons. The summed E-state index contributed by atoms with van der Waals surface area (Å²) < 4.78 is 0. The fourth-order valence-electron chi connectivity index (χ4n) is 9.33.